The van der Waals surface area contributed by atoms with Gasteiger partial charge in [-0.15, -0.1) is 11.6 Å². The third-order valence-corrected chi connectivity index (χ3v) is 4.82. The molecule has 1 fully saturated rings. The highest BCUT2D eigenvalue weighted by Gasteiger charge is 2.28. The molecule has 0 aliphatic carbocycles. The fraction of sp³-hybridized carbons (Fsp3) is 0.588. The standard InChI is InChI=1S/C17H24ClN3/c1-12-4-5-16-14(10-12)19-17(6-8-18)21(16)15-7-9-20(3)11-13(15)2/h4-5,10,13,15H,6-9,11H2,1-3H3. The molecule has 114 valence electrons. The number of nitrogens with zero attached hydrogens (tertiary/aromatic N) is 3. The zero-order chi connectivity index (χ0) is 15.0. The third kappa shape index (κ3) is 2.82. The van der Waals surface area contributed by atoms with Gasteiger partial charge in [-0.3, -0.25) is 0 Å². The van der Waals surface area contributed by atoms with Crippen molar-refractivity contribution in [1.82, 2.24) is 14.5 Å². The number of benzene rings is 1. The lowest BCUT2D eigenvalue weighted by molar-refractivity contribution is 0.159. The number of piperidine rings is 1. The van der Waals surface area contributed by atoms with E-state index in [1.165, 1.54) is 17.5 Å². The second kappa shape index (κ2) is 5.98. The van der Waals surface area contributed by atoms with Gasteiger partial charge >= 0.3 is 0 Å². The predicted octanol–water partition coefficient (Wildman–Crippen LogP) is 3.64. The Kier molecular flexibility index (Phi) is 4.23. The van der Waals surface area contributed by atoms with Gasteiger partial charge in [0.05, 0.1) is 11.0 Å². The summed E-state index contributed by atoms with van der Waals surface area (Å²) in [5.74, 6) is 2.41. The van der Waals surface area contributed by atoms with Gasteiger partial charge in [0.2, 0.25) is 0 Å². The summed E-state index contributed by atoms with van der Waals surface area (Å²) in [6.45, 7) is 6.78. The van der Waals surface area contributed by atoms with E-state index in [1.54, 1.807) is 0 Å². The number of rotatable bonds is 3. The molecule has 3 nitrogen and oxygen atoms in total. The molecule has 1 saturated heterocycles. The number of imidazole rings is 1. The largest absolute Gasteiger partial charge is 0.324 e. The minimum Gasteiger partial charge on any atom is -0.324 e. The molecule has 0 radical (unpaired) electrons. The molecule has 0 amide bonds. The van der Waals surface area contributed by atoms with Crippen LogP contribution in [0.2, 0.25) is 0 Å². The molecule has 2 unspecified atom stereocenters. The van der Waals surface area contributed by atoms with Crippen molar-refractivity contribution >= 4 is 22.6 Å². The second-order valence-corrected chi connectivity index (χ2v) is 6.80. The zero-order valence-electron chi connectivity index (χ0n) is 13.1. The molecule has 2 aromatic rings. The van der Waals surface area contributed by atoms with Gasteiger partial charge in [0.15, 0.2) is 0 Å². The van der Waals surface area contributed by atoms with Crippen LogP contribution < -0.4 is 0 Å². The summed E-state index contributed by atoms with van der Waals surface area (Å²) in [7, 11) is 2.21. The van der Waals surface area contributed by atoms with Crippen molar-refractivity contribution < 1.29 is 0 Å². The van der Waals surface area contributed by atoms with E-state index in [0.717, 1.165) is 30.9 Å². The van der Waals surface area contributed by atoms with Gasteiger partial charge in [-0.2, -0.15) is 0 Å². The summed E-state index contributed by atoms with van der Waals surface area (Å²) < 4.78 is 2.47. The molecule has 1 aromatic carbocycles. The van der Waals surface area contributed by atoms with Gasteiger partial charge in [-0.25, -0.2) is 4.98 Å². The quantitative estimate of drug-likeness (QED) is 0.807. The average molecular weight is 306 g/mol. The molecule has 2 atom stereocenters. The van der Waals surface area contributed by atoms with Crippen molar-refractivity contribution in [2.75, 3.05) is 26.0 Å². The number of aromatic nitrogens is 2. The van der Waals surface area contributed by atoms with E-state index in [4.69, 9.17) is 16.6 Å². The van der Waals surface area contributed by atoms with Crippen molar-refractivity contribution in [3.05, 3.63) is 29.6 Å². The van der Waals surface area contributed by atoms with E-state index in [9.17, 15) is 0 Å². The van der Waals surface area contributed by atoms with E-state index in [-0.39, 0.29) is 0 Å². The molecule has 1 aliphatic heterocycles. The Morgan fingerprint density at radius 1 is 1.38 bits per heavy atom. The summed E-state index contributed by atoms with van der Waals surface area (Å²) in [5.41, 5.74) is 3.64. The summed E-state index contributed by atoms with van der Waals surface area (Å²) in [4.78, 5) is 7.28. The fourth-order valence-electron chi connectivity index (χ4n) is 3.61. The van der Waals surface area contributed by atoms with E-state index >= 15 is 0 Å². The zero-order valence-corrected chi connectivity index (χ0v) is 13.9. The highest BCUT2D eigenvalue weighted by atomic mass is 35.5. The molecule has 3 rings (SSSR count). The molecular formula is C17H24ClN3. The lowest BCUT2D eigenvalue weighted by Gasteiger charge is -2.36. The van der Waals surface area contributed by atoms with Crippen LogP contribution in [0.3, 0.4) is 0 Å². The van der Waals surface area contributed by atoms with E-state index in [0.29, 0.717) is 17.8 Å². The van der Waals surface area contributed by atoms with Crippen LogP contribution in [0.25, 0.3) is 11.0 Å². The molecule has 0 saturated carbocycles. The van der Waals surface area contributed by atoms with Crippen LogP contribution in [0.4, 0.5) is 0 Å². The first-order valence-corrected chi connectivity index (χ1v) is 8.35. The number of hydrogen-bond acceptors (Lipinski definition) is 2. The summed E-state index contributed by atoms with van der Waals surface area (Å²) in [6.07, 6.45) is 2.03. The van der Waals surface area contributed by atoms with Crippen LogP contribution in [0.5, 0.6) is 0 Å². The van der Waals surface area contributed by atoms with Crippen LogP contribution in [0, 0.1) is 12.8 Å². The van der Waals surface area contributed by atoms with E-state index in [1.807, 2.05) is 0 Å². The van der Waals surface area contributed by atoms with E-state index in [2.05, 4.69) is 48.6 Å². The lowest BCUT2D eigenvalue weighted by Crippen LogP contribution is -2.38. The summed E-state index contributed by atoms with van der Waals surface area (Å²) in [5, 5.41) is 0. The normalized spacial score (nSPS) is 23.8. The van der Waals surface area contributed by atoms with Gasteiger partial charge in [0.25, 0.3) is 0 Å². The van der Waals surface area contributed by atoms with Crippen molar-refractivity contribution in [2.45, 2.75) is 32.7 Å². The Morgan fingerprint density at radius 3 is 2.90 bits per heavy atom. The van der Waals surface area contributed by atoms with Crippen LogP contribution in [-0.4, -0.2) is 40.5 Å². The molecule has 2 heterocycles. The van der Waals surface area contributed by atoms with Crippen LogP contribution in [0.1, 0.15) is 30.8 Å². The second-order valence-electron chi connectivity index (χ2n) is 6.42. The summed E-state index contributed by atoms with van der Waals surface area (Å²) in [6, 6.07) is 7.13. The van der Waals surface area contributed by atoms with Gasteiger partial charge in [-0.1, -0.05) is 13.0 Å². The fourth-order valence-corrected chi connectivity index (χ4v) is 3.78. The number of likely N-dealkylation sites (tertiary alicyclic amines) is 1. The molecule has 1 aliphatic rings. The minimum absolute atomic E-state index is 0.534. The van der Waals surface area contributed by atoms with Gasteiger partial charge < -0.3 is 9.47 Å². The Morgan fingerprint density at radius 2 is 2.19 bits per heavy atom. The summed E-state index contributed by atoms with van der Waals surface area (Å²) >= 11 is 6.00. The van der Waals surface area contributed by atoms with Gasteiger partial charge in [0.1, 0.15) is 5.82 Å². The first kappa shape index (κ1) is 14.9. The van der Waals surface area contributed by atoms with Crippen molar-refractivity contribution in [3.8, 4) is 0 Å². The van der Waals surface area contributed by atoms with Crippen LogP contribution in [0.15, 0.2) is 18.2 Å². The Bertz CT molecular complexity index is 634. The average Bonchev–Trinajstić information content (AvgIpc) is 2.76. The topological polar surface area (TPSA) is 21.1 Å². The van der Waals surface area contributed by atoms with Crippen LogP contribution in [-0.2, 0) is 6.42 Å². The predicted molar refractivity (Wildman–Crippen MR) is 89.2 cm³/mol. The lowest BCUT2D eigenvalue weighted by atomic mass is 9.93. The Balaban J connectivity index is 2.08. The SMILES string of the molecule is Cc1ccc2c(c1)nc(CCCl)n2C1CCN(C)CC1C. The molecule has 0 spiro atoms. The van der Waals surface area contributed by atoms with Crippen molar-refractivity contribution in [3.63, 3.8) is 0 Å². The highest BCUT2D eigenvalue weighted by molar-refractivity contribution is 6.17. The number of aryl methyl sites for hydroxylation is 2. The number of alkyl halides is 1. The highest BCUT2D eigenvalue weighted by Crippen LogP contribution is 2.32. The Hall–Kier alpha value is -1.06. The molecular weight excluding hydrogens is 282 g/mol. The smallest absolute Gasteiger partial charge is 0.111 e. The maximum Gasteiger partial charge on any atom is 0.111 e. The molecule has 0 bridgehead atoms. The number of fused-ring (bicyclic) bond motifs is 1. The molecule has 1 aromatic heterocycles. The first-order chi connectivity index (χ1) is 10.1. The van der Waals surface area contributed by atoms with Gasteiger partial charge in [-0.05, 0) is 50.6 Å². The van der Waals surface area contributed by atoms with Crippen molar-refractivity contribution in [1.29, 1.82) is 0 Å². The van der Waals surface area contributed by atoms with Crippen LogP contribution >= 0.6 is 11.6 Å². The number of hydrogen-bond donors (Lipinski definition) is 0. The molecule has 21 heavy (non-hydrogen) atoms. The molecule has 0 N–H and O–H groups in total. The maximum atomic E-state index is 6.00. The maximum absolute atomic E-state index is 6.00. The number of halogens is 1. The van der Waals surface area contributed by atoms with Crippen molar-refractivity contribution in [2.24, 2.45) is 5.92 Å². The minimum atomic E-state index is 0.534. The first-order valence-electron chi connectivity index (χ1n) is 7.82. The monoisotopic (exact) mass is 305 g/mol. The van der Waals surface area contributed by atoms with Gasteiger partial charge in [0, 0.05) is 24.9 Å². The Labute approximate surface area is 131 Å². The molecule has 4 heteroatoms. The third-order valence-electron chi connectivity index (χ3n) is 4.63. The van der Waals surface area contributed by atoms with E-state index < -0.39 is 0 Å².